The molecule has 6 rings (SSSR count). The number of fused-ring (bicyclic) bond motifs is 7. The molecule has 2 aliphatic heterocycles. The molecule has 3 aromatic rings. The molecule has 1 amide bonds. The summed E-state index contributed by atoms with van der Waals surface area (Å²) in [5, 5.41) is 3.78. The van der Waals surface area contributed by atoms with Crippen LogP contribution in [0.3, 0.4) is 0 Å². The lowest BCUT2D eigenvalue weighted by Gasteiger charge is -2.33. The summed E-state index contributed by atoms with van der Waals surface area (Å²) in [4.78, 5) is 30.0. The van der Waals surface area contributed by atoms with Crippen molar-refractivity contribution in [3.8, 4) is 5.69 Å². The first-order valence-electron chi connectivity index (χ1n) is 11.8. The highest BCUT2D eigenvalue weighted by Crippen LogP contribution is 2.52. The summed E-state index contributed by atoms with van der Waals surface area (Å²) in [6.07, 6.45) is 7.74. The van der Waals surface area contributed by atoms with Crippen molar-refractivity contribution in [2.24, 2.45) is 5.73 Å². The lowest BCUT2D eigenvalue weighted by molar-refractivity contribution is 0.100. The van der Waals surface area contributed by atoms with Crippen LogP contribution in [-0.4, -0.2) is 28.5 Å². The number of amides is 1. The van der Waals surface area contributed by atoms with Crippen molar-refractivity contribution < 1.29 is 4.79 Å². The van der Waals surface area contributed by atoms with Gasteiger partial charge in [0.15, 0.2) is 0 Å². The van der Waals surface area contributed by atoms with Gasteiger partial charge in [-0.05, 0) is 74.0 Å². The van der Waals surface area contributed by atoms with Crippen LogP contribution in [0.4, 0.5) is 0 Å². The Balaban J connectivity index is 1.66. The zero-order chi connectivity index (χ0) is 21.9. The van der Waals surface area contributed by atoms with Crippen LogP contribution in [0.1, 0.15) is 78.2 Å². The Morgan fingerprint density at radius 3 is 2.62 bits per heavy atom. The van der Waals surface area contributed by atoms with Crippen LogP contribution in [0.25, 0.3) is 16.6 Å². The van der Waals surface area contributed by atoms with E-state index in [9.17, 15) is 9.59 Å². The molecule has 164 valence electrons. The van der Waals surface area contributed by atoms with E-state index in [1.165, 1.54) is 17.5 Å². The number of carbonyl (C=O) groups excluding carboxylic acids is 1. The maximum absolute atomic E-state index is 13.2. The molecule has 0 bridgehead atoms. The molecule has 1 saturated heterocycles. The van der Waals surface area contributed by atoms with Gasteiger partial charge in [-0.1, -0.05) is 37.5 Å². The van der Waals surface area contributed by atoms with Crippen LogP contribution in [0, 0.1) is 0 Å². The molecule has 1 aromatic heterocycles. The standard InChI is InChI=1S/C26H28N4O2/c27-23(31)18-5-4-6-20-22(18)24(32)29-25-26(11-2-1-3-12-26)19-8-7-17(15-21(19)30(20)25)16-9-13-28-14-10-16/h4-8,15-16,28H,1-3,9-14H2,(H2,27,31). The van der Waals surface area contributed by atoms with E-state index in [-0.39, 0.29) is 16.5 Å². The first kappa shape index (κ1) is 19.7. The molecule has 32 heavy (non-hydrogen) atoms. The highest BCUT2D eigenvalue weighted by molar-refractivity contribution is 6.05. The van der Waals surface area contributed by atoms with Crippen molar-refractivity contribution in [3.63, 3.8) is 0 Å². The average Bonchev–Trinajstić information content (AvgIpc) is 3.08. The molecule has 1 spiro atoms. The molecule has 6 nitrogen and oxygen atoms in total. The Bertz CT molecular complexity index is 1300. The van der Waals surface area contributed by atoms with E-state index >= 15 is 0 Å². The van der Waals surface area contributed by atoms with Gasteiger partial charge in [-0.25, -0.2) is 0 Å². The minimum absolute atomic E-state index is 0.226. The molecule has 2 aromatic carbocycles. The van der Waals surface area contributed by atoms with Crippen molar-refractivity contribution in [2.75, 3.05) is 13.1 Å². The second-order valence-electron chi connectivity index (χ2n) is 9.58. The molecule has 3 N–H and O–H groups in total. The smallest absolute Gasteiger partial charge is 0.281 e. The van der Waals surface area contributed by atoms with Crippen molar-refractivity contribution in [2.45, 2.75) is 56.3 Å². The fourth-order valence-corrected chi connectivity index (χ4v) is 6.35. The van der Waals surface area contributed by atoms with Crippen molar-refractivity contribution in [3.05, 3.63) is 69.3 Å². The number of carbonyl (C=O) groups is 1. The van der Waals surface area contributed by atoms with Crippen LogP contribution in [0.5, 0.6) is 0 Å². The second kappa shape index (κ2) is 7.27. The second-order valence-corrected chi connectivity index (χ2v) is 9.58. The zero-order valence-corrected chi connectivity index (χ0v) is 18.2. The summed E-state index contributed by atoms with van der Waals surface area (Å²) in [6.45, 7) is 2.09. The van der Waals surface area contributed by atoms with Crippen molar-refractivity contribution >= 4 is 16.8 Å². The van der Waals surface area contributed by atoms with E-state index in [0.29, 0.717) is 11.3 Å². The molecule has 3 aliphatic rings. The number of nitrogens with one attached hydrogen (secondary N) is 1. The Morgan fingerprint density at radius 2 is 1.88 bits per heavy atom. The normalized spacial score (nSPS) is 19.8. The van der Waals surface area contributed by atoms with Gasteiger partial charge in [0.25, 0.3) is 5.56 Å². The molecular formula is C26H28N4O2. The Hall–Kier alpha value is -2.99. The monoisotopic (exact) mass is 428 g/mol. The van der Waals surface area contributed by atoms with Crippen LogP contribution in [-0.2, 0) is 5.41 Å². The number of nitrogens with zero attached hydrogens (tertiary/aromatic N) is 2. The summed E-state index contributed by atoms with van der Waals surface area (Å²) in [7, 11) is 0. The van der Waals surface area contributed by atoms with E-state index in [1.807, 2.05) is 12.1 Å². The SMILES string of the molecule is NC(=O)c1cccc2c1c(=O)nc1n2-c2cc(C3CCNCC3)ccc2C12CCCCC2. The van der Waals surface area contributed by atoms with E-state index in [2.05, 4.69) is 33.1 Å². The minimum Gasteiger partial charge on any atom is -0.366 e. The third-order valence-electron chi connectivity index (χ3n) is 7.91. The Kier molecular flexibility index (Phi) is 4.47. The maximum Gasteiger partial charge on any atom is 0.281 e. The first-order valence-corrected chi connectivity index (χ1v) is 11.8. The minimum atomic E-state index is -0.593. The van der Waals surface area contributed by atoms with Gasteiger partial charge in [0.05, 0.1) is 27.6 Å². The quantitative estimate of drug-likeness (QED) is 0.654. The van der Waals surface area contributed by atoms with E-state index in [0.717, 1.165) is 68.6 Å². The molecular weight excluding hydrogens is 400 g/mol. The van der Waals surface area contributed by atoms with Crippen LogP contribution < -0.4 is 16.6 Å². The predicted molar refractivity (Wildman–Crippen MR) is 125 cm³/mol. The number of rotatable bonds is 2. The van der Waals surface area contributed by atoms with Crippen molar-refractivity contribution in [1.29, 1.82) is 0 Å². The maximum atomic E-state index is 13.2. The zero-order valence-electron chi connectivity index (χ0n) is 18.2. The average molecular weight is 429 g/mol. The molecule has 0 atom stereocenters. The van der Waals surface area contributed by atoms with Crippen molar-refractivity contribution in [1.82, 2.24) is 14.9 Å². The highest BCUT2D eigenvalue weighted by atomic mass is 16.1. The van der Waals surface area contributed by atoms with Crippen LogP contribution in [0.15, 0.2) is 41.2 Å². The van der Waals surface area contributed by atoms with E-state index in [1.54, 1.807) is 6.07 Å². The van der Waals surface area contributed by atoms with Gasteiger partial charge in [-0.3, -0.25) is 14.2 Å². The number of primary amides is 1. The lowest BCUT2D eigenvalue weighted by atomic mass is 9.69. The molecule has 3 heterocycles. The molecule has 2 fully saturated rings. The highest BCUT2D eigenvalue weighted by Gasteiger charge is 2.46. The van der Waals surface area contributed by atoms with Crippen LogP contribution in [0.2, 0.25) is 0 Å². The van der Waals surface area contributed by atoms with Gasteiger partial charge in [-0.15, -0.1) is 0 Å². The number of aromatic nitrogens is 2. The molecule has 6 heteroatoms. The van der Waals surface area contributed by atoms with E-state index < -0.39 is 5.91 Å². The van der Waals surface area contributed by atoms with Gasteiger partial charge < -0.3 is 11.1 Å². The van der Waals surface area contributed by atoms with Gasteiger partial charge in [0.2, 0.25) is 5.91 Å². The number of benzene rings is 2. The first-order chi connectivity index (χ1) is 15.6. The number of hydrogen-bond acceptors (Lipinski definition) is 4. The van der Waals surface area contributed by atoms with Gasteiger partial charge in [-0.2, -0.15) is 4.98 Å². The number of nitrogens with two attached hydrogens (primary N) is 1. The third kappa shape index (κ3) is 2.72. The largest absolute Gasteiger partial charge is 0.366 e. The fraction of sp³-hybridized carbons (Fsp3) is 0.423. The Labute approximate surface area is 186 Å². The lowest BCUT2D eigenvalue weighted by Crippen LogP contribution is -2.32. The topological polar surface area (TPSA) is 90.0 Å². The molecule has 0 radical (unpaired) electrons. The molecule has 1 aliphatic carbocycles. The molecule has 1 saturated carbocycles. The molecule has 0 unspecified atom stereocenters. The summed E-state index contributed by atoms with van der Waals surface area (Å²) in [5.74, 6) is 0.783. The third-order valence-corrected chi connectivity index (χ3v) is 7.91. The van der Waals surface area contributed by atoms with E-state index in [4.69, 9.17) is 5.73 Å². The summed E-state index contributed by atoms with van der Waals surface area (Å²) in [6, 6.07) is 12.3. The predicted octanol–water partition coefficient (Wildman–Crippen LogP) is 3.52. The van der Waals surface area contributed by atoms with Crippen LogP contribution >= 0.6 is 0 Å². The van der Waals surface area contributed by atoms with Gasteiger partial charge >= 0.3 is 0 Å². The number of hydrogen-bond donors (Lipinski definition) is 2. The summed E-state index contributed by atoms with van der Waals surface area (Å²) >= 11 is 0. The number of piperidine rings is 1. The Morgan fingerprint density at radius 1 is 1.09 bits per heavy atom. The van der Waals surface area contributed by atoms with Gasteiger partial charge in [0, 0.05) is 0 Å². The fourth-order valence-electron chi connectivity index (χ4n) is 6.35. The van der Waals surface area contributed by atoms with Gasteiger partial charge in [0.1, 0.15) is 5.82 Å². The summed E-state index contributed by atoms with van der Waals surface area (Å²) in [5.41, 5.74) is 9.78. The summed E-state index contributed by atoms with van der Waals surface area (Å²) < 4.78 is 2.16.